The molecule has 2 aromatic rings. The van der Waals surface area contributed by atoms with E-state index >= 15 is 0 Å². The average molecular weight is 270 g/mol. The van der Waals surface area contributed by atoms with Gasteiger partial charge in [-0.2, -0.15) is 5.26 Å². The van der Waals surface area contributed by atoms with Crippen LogP contribution in [0.3, 0.4) is 0 Å². The number of carbonyl (C=O) groups is 1. The van der Waals surface area contributed by atoms with Gasteiger partial charge in [0.05, 0.1) is 12.0 Å². The number of carbonyl (C=O) groups excluding carboxylic acids is 1. The predicted molar refractivity (Wildman–Crippen MR) is 75.4 cm³/mol. The Labute approximate surface area is 117 Å². The van der Waals surface area contributed by atoms with Gasteiger partial charge in [0.2, 0.25) is 0 Å². The Balaban J connectivity index is 2.34. The summed E-state index contributed by atoms with van der Waals surface area (Å²) in [6.45, 7) is 1.81. The van der Waals surface area contributed by atoms with E-state index in [4.69, 9.17) is 16.9 Å². The summed E-state index contributed by atoms with van der Waals surface area (Å²) in [5.74, 6) is -0.290. The van der Waals surface area contributed by atoms with Crippen molar-refractivity contribution in [1.29, 1.82) is 5.26 Å². The van der Waals surface area contributed by atoms with Gasteiger partial charge in [0, 0.05) is 16.1 Å². The molecule has 0 N–H and O–H groups in total. The molecule has 0 amide bonds. The molecule has 0 saturated carbocycles. The fraction of sp³-hybridized carbons (Fsp3) is 0.125. The van der Waals surface area contributed by atoms with E-state index in [1.54, 1.807) is 42.5 Å². The summed E-state index contributed by atoms with van der Waals surface area (Å²) in [5, 5.41) is 9.52. The zero-order chi connectivity index (χ0) is 13.8. The van der Waals surface area contributed by atoms with Crippen molar-refractivity contribution >= 4 is 17.4 Å². The molecule has 0 aliphatic carbocycles. The maximum atomic E-state index is 12.3. The normalized spacial score (nSPS) is 11.6. The van der Waals surface area contributed by atoms with Gasteiger partial charge in [0.25, 0.3) is 0 Å². The van der Waals surface area contributed by atoms with Crippen LogP contribution < -0.4 is 0 Å². The van der Waals surface area contributed by atoms with Crippen LogP contribution in [0.25, 0.3) is 0 Å². The van der Waals surface area contributed by atoms with Crippen LogP contribution in [0.5, 0.6) is 0 Å². The Kier molecular flexibility index (Phi) is 3.99. The highest BCUT2D eigenvalue weighted by molar-refractivity contribution is 6.30. The van der Waals surface area contributed by atoms with Crippen LogP contribution in [0.15, 0.2) is 48.5 Å². The lowest BCUT2D eigenvalue weighted by Crippen LogP contribution is -2.02. The Morgan fingerprint density at radius 2 is 1.84 bits per heavy atom. The molecule has 3 heteroatoms. The first-order valence-electron chi connectivity index (χ1n) is 5.91. The van der Waals surface area contributed by atoms with E-state index in [9.17, 15) is 4.79 Å². The van der Waals surface area contributed by atoms with E-state index in [2.05, 4.69) is 6.07 Å². The quantitative estimate of drug-likeness (QED) is 0.784. The third-order valence-electron chi connectivity index (χ3n) is 2.95. The van der Waals surface area contributed by atoms with Crippen LogP contribution >= 0.6 is 11.6 Å². The van der Waals surface area contributed by atoms with Crippen molar-refractivity contribution in [2.24, 2.45) is 0 Å². The summed E-state index contributed by atoms with van der Waals surface area (Å²) in [5.41, 5.74) is 2.02. The molecule has 0 aliphatic rings. The lowest BCUT2D eigenvalue weighted by molar-refractivity contribution is 0.103. The lowest BCUT2D eigenvalue weighted by Gasteiger charge is -2.06. The minimum absolute atomic E-state index is 0.0661. The summed E-state index contributed by atoms with van der Waals surface area (Å²) in [6.07, 6.45) is 0. The minimum Gasteiger partial charge on any atom is -0.289 e. The fourth-order valence-corrected chi connectivity index (χ4v) is 1.92. The molecule has 0 fully saturated rings. The molecule has 0 radical (unpaired) electrons. The second-order valence-corrected chi connectivity index (χ2v) is 4.75. The third kappa shape index (κ3) is 3.01. The van der Waals surface area contributed by atoms with Crippen molar-refractivity contribution in [3.63, 3.8) is 0 Å². The average Bonchev–Trinajstić information content (AvgIpc) is 2.46. The smallest absolute Gasteiger partial charge is 0.193 e. The van der Waals surface area contributed by atoms with Crippen molar-refractivity contribution in [1.82, 2.24) is 0 Å². The topological polar surface area (TPSA) is 40.9 Å². The van der Waals surface area contributed by atoms with Gasteiger partial charge in [-0.1, -0.05) is 29.8 Å². The molecule has 0 aliphatic heterocycles. The van der Waals surface area contributed by atoms with Crippen LogP contribution in [-0.2, 0) is 0 Å². The van der Waals surface area contributed by atoms with Gasteiger partial charge in [-0.25, -0.2) is 0 Å². The Morgan fingerprint density at radius 1 is 1.16 bits per heavy atom. The number of benzene rings is 2. The van der Waals surface area contributed by atoms with E-state index < -0.39 is 0 Å². The summed E-state index contributed by atoms with van der Waals surface area (Å²) in [6, 6.07) is 16.1. The molecule has 94 valence electrons. The van der Waals surface area contributed by atoms with Gasteiger partial charge in [0.1, 0.15) is 0 Å². The van der Waals surface area contributed by atoms with Crippen molar-refractivity contribution in [3.05, 3.63) is 70.2 Å². The summed E-state index contributed by atoms with van der Waals surface area (Å²) >= 11 is 5.80. The van der Waals surface area contributed by atoms with Crippen molar-refractivity contribution in [2.45, 2.75) is 12.8 Å². The molecule has 0 saturated heterocycles. The molecule has 1 unspecified atom stereocenters. The maximum Gasteiger partial charge on any atom is 0.193 e. The number of rotatable bonds is 3. The van der Waals surface area contributed by atoms with Crippen LogP contribution in [-0.4, -0.2) is 5.78 Å². The van der Waals surface area contributed by atoms with Gasteiger partial charge in [-0.3, -0.25) is 4.79 Å². The third-order valence-corrected chi connectivity index (χ3v) is 3.20. The molecule has 2 rings (SSSR count). The number of nitriles is 1. The van der Waals surface area contributed by atoms with Crippen LogP contribution in [0.2, 0.25) is 5.02 Å². The first kappa shape index (κ1) is 13.3. The Bertz CT molecular complexity index is 641. The largest absolute Gasteiger partial charge is 0.289 e. The van der Waals surface area contributed by atoms with Crippen LogP contribution in [0.1, 0.15) is 34.3 Å². The summed E-state index contributed by atoms with van der Waals surface area (Å²) < 4.78 is 0. The molecule has 2 aromatic carbocycles. The summed E-state index contributed by atoms with van der Waals surface area (Å²) in [4.78, 5) is 12.3. The number of halogens is 1. The standard InChI is InChI=1S/C16H12ClNO/c1-11(10-18)13-3-2-4-14(9-13)16(19)12-5-7-15(17)8-6-12/h2-9,11H,1H3. The fourth-order valence-electron chi connectivity index (χ4n) is 1.79. The zero-order valence-electron chi connectivity index (χ0n) is 10.4. The van der Waals surface area contributed by atoms with Crippen LogP contribution in [0, 0.1) is 11.3 Å². The number of hydrogen-bond acceptors (Lipinski definition) is 2. The Morgan fingerprint density at radius 3 is 2.47 bits per heavy atom. The molecule has 0 aromatic heterocycles. The molecular formula is C16H12ClNO. The molecule has 2 nitrogen and oxygen atoms in total. The van der Waals surface area contributed by atoms with E-state index in [1.165, 1.54) is 0 Å². The summed E-state index contributed by atoms with van der Waals surface area (Å²) in [7, 11) is 0. The van der Waals surface area contributed by atoms with Gasteiger partial charge in [0.15, 0.2) is 5.78 Å². The minimum atomic E-state index is -0.224. The van der Waals surface area contributed by atoms with Crippen LogP contribution in [0.4, 0.5) is 0 Å². The molecule has 0 spiro atoms. The second-order valence-electron chi connectivity index (χ2n) is 4.31. The van der Waals surface area contributed by atoms with Gasteiger partial charge in [-0.15, -0.1) is 0 Å². The zero-order valence-corrected chi connectivity index (χ0v) is 11.2. The van der Waals surface area contributed by atoms with Crippen molar-refractivity contribution < 1.29 is 4.79 Å². The highest BCUT2D eigenvalue weighted by Crippen LogP contribution is 2.19. The van der Waals surface area contributed by atoms with E-state index in [0.29, 0.717) is 16.1 Å². The second kappa shape index (κ2) is 5.69. The number of ketones is 1. The van der Waals surface area contributed by atoms with E-state index in [-0.39, 0.29) is 11.7 Å². The maximum absolute atomic E-state index is 12.3. The molecule has 0 heterocycles. The van der Waals surface area contributed by atoms with Gasteiger partial charge >= 0.3 is 0 Å². The van der Waals surface area contributed by atoms with Crippen molar-refractivity contribution in [2.75, 3.05) is 0 Å². The highest BCUT2D eigenvalue weighted by Gasteiger charge is 2.11. The van der Waals surface area contributed by atoms with Gasteiger partial charge in [-0.05, 0) is 42.8 Å². The predicted octanol–water partition coefficient (Wildman–Crippen LogP) is 4.20. The molecule has 19 heavy (non-hydrogen) atoms. The molecular weight excluding hydrogens is 258 g/mol. The first-order valence-corrected chi connectivity index (χ1v) is 6.29. The lowest BCUT2D eigenvalue weighted by atomic mass is 9.96. The monoisotopic (exact) mass is 269 g/mol. The van der Waals surface area contributed by atoms with E-state index in [0.717, 1.165) is 5.56 Å². The first-order chi connectivity index (χ1) is 9.11. The van der Waals surface area contributed by atoms with Gasteiger partial charge < -0.3 is 0 Å². The number of nitrogens with zero attached hydrogens (tertiary/aromatic N) is 1. The Hall–Kier alpha value is -2.11. The highest BCUT2D eigenvalue weighted by atomic mass is 35.5. The molecule has 1 atom stereocenters. The number of hydrogen-bond donors (Lipinski definition) is 0. The molecule has 0 bridgehead atoms. The SMILES string of the molecule is CC(C#N)c1cccc(C(=O)c2ccc(Cl)cc2)c1. The van der Waals surface area contributed by atoms with Crippen molar-refractivity contribution in [3.8, 4) is 6.07 Å². The van der Waals surface area contributed by atoms with E-state index in [1.807, 2.05) is 13.0 Å².